The Labute approximate surface area is 98.8 Å². The molecule has 3 aliphatic heterocycles. The van der Waals surface area contributed by atoms with Gasteiger partial charge in [0.25, 0.3) is 0 Å². The van der Waals surface area contributed by atoms with E-state index in [1.807, 2.05) is 0 Å². The third-order valence-corrected chi connectivity index (χ3v) is 5.15. The van der Waals surface area contributed by atoms with Crippen molar-refractivity contribution >= 4 is 0 Å². The van der Waals surface area contributed by atoms with E-state index < -0.39 is 0 Å². The minimum absolute atomic E-state index is 1.24. The summed E-state index contributed by atoms with van der Waals surface area (Å²) in [4.78, 5) is 0. The molecule has 2 spiro atoms. The van der Waals surface area contributed by atoms with Crippen molar-refractivity contribution < 1.29 is 8.97 Å². The molecular formula is C12H26N4+2. The molecule has 0 aliphatic carbocycles. The highest BCUT2D eigenvalue weighted by Crippen LogP contribution is 2.20. The van der Waals surface area contributed by atoms with Gasteiger partial charge in [0, 0.05) is 26.2 Å². The van der Waals surface area contributed by atoms with Crippen molar-refractivity contribution in [3.05, 3.63) is 0 Å². The van der Waals surface area contributed by atoms with Gasteiger partial charge in [-0.05, 0) is 0 Å². The van der Waals surface area contributed by atoms with Crippen LogP contribution in [0.4, 0.5) is 0 Å². The van der Waals surface area contributed by atoms with Crippen LogP contribution in [0.25, 0.3) is 0 Å². The Kier molecular flexibility index (Phi) is 2.92. The number of piperazine rings is 3. The van der Waals surface area contributed by atoms with Crippen molar-refractivity contribution in [2.45, 2.75) is 0 Å². The minimum Gasteiger partial charge on any atom is -0.312 e. The molecule has 0 aromatic rings. The van der Waals surface area contributed by atoms with Gasteiger partial charge in [-0.15, -0.1) is 0 Å². The Balaban J connectivity index is 1.61. The number of quaternary nitrogens is 2. The molecule has 92 valence electrons. The number of rotatable bonds is 0. The molecule has 0 amide bonds. The summed E-state index contributed by atoms with van der Waals surface area (Å²) < 4.78 is 2.83. The van der Waals surface area contributed by atoms with Crippen molar-refractivity contribution in [3.63, 3.8) is 0 Å². The lowest BCUT2D eigenvalue weighted by atomic mass is 10.1. The minimum atomic E-state index is 1.24. The monoisotopic (exact) mass is 226 g/mol. The maximum atomic E-state index is 3.50. The molecule has 3 rings (SSSR count). The molecule has 3 fully saturated rings. The molecule has 3 aliphatic rings. The number of nitrogens with one attached hydrogen (secondary N) is 2. The molecule has 0 bridgehead atoms. The third-order valence-electron chi connectivity index (χ3n) is 5.15. The maximum absolute atomic E-state index is 3.50. The molecule has 0 aromatic carbocycles. The van der Waals surface area contributed by atoms with E-state index in [0.717, 1.165) is 0 Å². The number of hydrogen-bond donors (Lipinski definition) is 2. The van der Waals surface area contributed by atoms with Crippen LogP contribution in [-0.2, 0) is 0 Å². The van der Waals surface area contributed by atoms with Crippen LogP contribution in [0, 0.1) is 0 Å². The van der Waals surface area contributed by atoms with Gasteiger partial charge in [0.15, 0.2) is 0 Å². The molecule has 4 heteroatoms. The number of nitrogens with zero attached hydrogens (tertiary/aromatic N) is 2. The fraction of sp³-hybridized carbons (Fsp3) is 1.00. The van der Waals surface area contributed by atoms with Crippen LogP contribution in [0.15, 0.2) is 0 Å². The zero-order valence-corrected chi connectivity index (χ0v) is 10.4. The van der Waals surface area contributed by atoms with Gasteiger partial charge < -0.3 is 19.6 Å². The van der Waals surface area contributed by atoms with Gasteiger partial charge in [0.05, 0.1) is 26.2 Å². The second-order valence-corrected chi connectivity index (χ2v) is 5.97. The lowest BCUT2D eigenvalue weighted by molar-refractivity contribution is -1.03. The normalized spacial score (nSPS) is 33.0. The van der Waals surface area contributed by atoms with Crippen LogP contribution in [0.5, 0.6) is 0 Å². The molecule has 0 aromatic heterocycles. The highest BCUT2D eigenvalue weighted by atomic mass is 15.5. The smallest absolute Gasteiger partial charge is 0.129 e. The quantitative estimate of drug-likeness (QED) is 0.509. The first-order valence-corrected chi connectivity index (χ1v) is 6.94. The van der Waals surface area contributed by atoms with Crippen LogP contribution in [0.2, 0.25) is 0 Å². The van der Waals surface area contributed by atoms with Crippen molar-refractivity contribution in [1.29, 1.82) is 0 Å². The second kappa shape index (κ2) is 4.26. The summed E-state index contributed by atoms with van der Waals surface area (Å²) in [5.41, 5.74) is 0. The predicted molar refractivity (Wildman–Crippen MR) is 65.2 cm³/mol. The average Bonchev–Trinajstić information content (AvgIpc) is 2.36. The fourth-order valence-corrected chi connectivity index (χ4v) is 3.71. The zero-order valence-electron chi connectivity index (χ0n) is 10.4. The summed E-state index contributed by atoms with van der Waals surface area (Å²) >= 11 is 0. The molecule has 16 heavy (non-hydrogen) atoms. The summed E-state index contributed by atoms with van der Waals surface area (Å²) in [7, 11) is 0. The SMILES string of the molecule is C1C[N+]2(CCN1)CC[N+]1(CCNCC1)CC2. The first-order valence-electron chi connectivity index (χ1n) is 6.94. The summed E-state index contributed by atoms with van der Waals surface area (Å²) in [6, 6.07) is 0. The zero-order chi connectivity index (χ0) is 10.9. The van der Waals surface area contributed by atoms with Gasteiger partial charge in [-0.2, -0.15) is 0 Å². The Morgan fingerprint density at radius 1 is 0.438 bits per heavy atom. The highest BCUT2D eigenvalue weighted by Gasteiger charge is 2.42. The topological polar surface area (TPSA) is 24.1 Å². The van der Waals surface area contributed by atoms with E-state index in [1.54, 1.807) is 0 Å². The van der Waals surface area contributed by atoms with E-state index in [9.17, 15) is 0 Å². The van der Waals surface area contributed by atoms with Crippen LogP contribution < -0.4 is 10.6 Å². The Morgan fingerprint density at radius 3 is 1.06 bits per heavy atom. The van der Waals surface area contributed by atoms with Crippen molar-refractivity contribution in [2.24, 2.45) is 0 Å². The summed E-state index contributed by atoms with van der Waals surface area (Å²) in [6.07, 6.45) is 0. The van der Waals surface area contributed by atoms with E-state index in [0.29, 0.717) is 0 Å². The fourth-order valence-electron chi connectivity index (χ4n) is 3.71. The van der Waals surface area contributed by atoms with Gasteiger partial charge in [-0.25, -0.2) is 0 Å². The van der Waals surface area contributed by atoms with Crippen molar-refractivity contribution in [1.82, 2.24) is 10.6 Å². The summed E-state index contributed by atoms with van der Waals surface area (Å²) in [5, 5.41) is 6.99. The molecule has 2 N–H and O–H groups in total. The van der Waals surface area contributed by atoms with E-state index in [-0.39, 0.29) is 0 Å². The Morgan fingerprint density at radius 2 is 0.750 bits per heavy atom. The van der Waals surface area contributed by atoms with Crippen LogP contribution in [-0.4, -0.2) is 87.5 Å². The molecule has 4 nitrogen and oxygen atoms in total. The molecule has 0 unspecified atom stereocenters. The molecule has 3 heterocycles. The first kappa shape index (κ1) is 11.0. The lowest BCUT2D eigenvalue weighted by Crippen LogP contribution is -2.72. The van der Waals surface area contributed by atoms with Gasteiger partial charge in [0.2, 0.25) is 0 Å². The van der Waals surface area contributed by atoms with Crippen LogP contribution >= 0.6 is 0 Å². The van der Waals surface area contributed by atoms with Gasteiger partial charge in [0.1, 0.15) is 26.2 Å². The van der Waals surface area contributed by atoms with Gasteiger partial charge in [-0.3, -0.25) is 0 Å². The first-order chi connectivity index (χ1) is 7.83. The van der Waals surface area contributed by atoms with Gasteiger partial charge in [-0.1, -0.05) is 0 Å². The second-order valence-electron chi connectivity index (χ2n) is 5.97. The van der Waals surface area contributed by atoms with E-state index >= 15 is 0 Å². The van der Waals surface area contributed by atoms with Gasteiger partial charge >= 0.3 is 0 Å². The Bertz CT molecular complexity index is 203. The third kappa shape index (κ3) is 1.99. The maximum Gasteiger partial charge on any atom is 0.129 e. The van der Waals surface area contributed by atoms with Crippen LogP contribution in [0.1, 0.15) is 0 Å². The van der Waals surface area contributed by atoms with E-state index in [2.05, 4.69) is 10.6 Å². The largest absolute Gasteiger partial charge is 0.312 e. The average molecular weight is 226 g/mol. The molecule has 3 saturated heterocycles. The van der Waals surface area contributed by atoms with E-state index in [1.165, 1.54) is 87.5 Å². The lowest BCUT2D eigenvalue weighted by Gasteiger charge is -2.52. The highest BCUT2D eigenvalue weighted by molar-refractivity contribution is 4.65. The molecular weight excluding hydrogens is 200 g/mol. The Hall–Kier alpha value is -0.160. The molecule has 0 atom stereocenters. The molecule has 0 radical (unpaired) electrons. The standard InChI is InChI=1S/C12H26N4/c1-5-15(6-2-13-1)9-11-16(12-10-15)7-3-14-4-8-16/h13-14H,1-12H2/q+2. The van der Waals surface area contributed by atoms with E-state index in [4.69, 9.17) is 0 Å². The van der Waals surface area contributed by atoms with Crippen LogP contribution in [0.3, 0.4) is 0 Å². The number of hydrogen-bond acceptors (Lipinski definition) is 2. The summed E-state index contributed by atoms with van der Waals surface area (Å²) in [6.45, 7) is 16.2. The molecule has 0 saturated carbocycles. The predicted octanol–water partition coefficient (Wildman–Crippen LogP) is -1.16. The van der Waals surface area contributed by atoms with Crippen molar-refractivity contribution in [3.8, 4) is 0 Å². The summed E-state index contributed by atoms with van der Waals surface area (Å²) in [5.74, 6) is 0. The van der Waals surface area contributed by atoms with Crippen molar-refractivity contribution in [2.75, 3.05) is 78.5 Å².